The van der Waals surface area contributed by atoms with E-state index in [1.165, 1.54) is 6.07 Å². The summed E-state index contributed by atoms with van der Waals surface area (Å²) in [5, 5.41) is 0. The summed E-state index contributed by atoms with van der Waals surface area (Å²) in [5.74, 6) is 0.482. The van der Waals surface area contributed by atoms with E-state index in [2.05, 4.69) is 0 Å². The summed E-state index contributed by atoms with van der Waals surface area (Å²) in [7, 11) is 0. The van der Waals surface area contributed by atoms with Gasteiger partial charge < -0.3 is 10.5 Å². The van der Waals surface area contributed by atoms with Crippen LogP contribution in [-0.2, 0) is 6.54 Å². The Morgan fingerprint density at radius 3 is 2.59 bits per heavy atom. The van der Waals surface area contributed by atoms with E-state index in [0.29, 0.717) is 12.3 Å². The molecule has 0 saturated heterocycles. The molecule has 2 nitrogen and oxygen atoms in total. The zero-order chi connectivity index (χ0) is 12.3. The fourth-order valence-corrected chi connectivity index (χ4v) is 1.66. The second kappa shape index (κ2) is 4.97. The molecule has 0 aromatic heterocycles. The highest BCUT2D eigenvalue weighted by atomic mass is 19.1. The van der Waals surface area contributed by atoms with Crippen LogP contribution in [0, 0.1) is 12.7 Å². The normalized spacial score (nSPS) is 10.3. The van der Waals surface area contributed by atoms with Crippen molar-refractivity contribution < 1.29 is 9.13 Å². The van der Waals surface area contributed by atoms with E-state index >= 15 is 0 Å². The molecule has 0 saturated carbocycles. The Labute approximate surface area is 99.8 Å². The number of ether oxygens (including phenoxy) is 1. The molecule has 17 heavy (non-hydrogen) atoms. The Bertz CT molecular complexity index is 525. The number of hydrogen-bond acceptors (Lipinski definition) is 2. The first-order valence-electron chi connectivity index (χ1n) is 5.43. The van der Waals surface area contributed by atoms with Gasteiger partial charge in [0.25, 0.3) is 0 Å². The minimum absolute atomic E-state index is 0.219. The number of benzene rings is 2. The maximum absolute atomic E-state index is 13.5. The van der Waals surface area contributed by atoms with Crippen molar-refractivity contribution in [1.82, 2.24) is 0 Å². The Hall–Kier alpha value is -1.87. The molecule has 0 spiro atoms. The van der Waals surface area contributed by atoms with Gasteiger partial charge in [-0.15, -0.1) is 0 Å². The third-order valence-corrected chi connectivity index (χ3v) is 2.56. The molecular weight excluding hydrogens is 217 g/mol. The van der Waals surface area contributed by atoms with Crippen LogP contribution in [0.15, 0.2) is 42.5 Å². The summed E-state index contributed by atoms with van der Waals surface area (Å²) in [5.41, 5.74) is 7.45. The molecule has 2 aromatic carbocycles. The third-order valence-electron chi connectivity index (χ3n) is 2.56. The molecule has 2 N–H and O–H groups in total. The van der Waals surface area contributed by atoms with Crippen molar-refractivity contribution in [3.05, 3.63) is 59.4 Å². The monoisotopic (exact) mass is 231 g/mol. The maximum atomic E-state index is 13.5. The predicted octanol–water partition coefficient (Wildman–Crippen LogP) is 3.39. The quantitative estimate of drug-likeness (QED) is 0.878. The number of para-hydroxylation sites is 2. The first-order chi connectivity index (χ1) is 8.22. The van der Waals surface area contributed by atoms with Crippen LogP contribution in [0.5, 0.6) is 11.5 Å². The average Bonchev–Trinajstić information content (AvgIpc) is 2.34. The van der Waals surface area contributed by atoms with E-state index in [4.69, 9.17) is 10.5 Å². The molecule has 0 heterocycles. The fourth-order valence-electron chi connectivity index (χ4n) is 1.66. The van der Waals surface area contributed by atoms with Gasteiger partial charge in [-0.2, -0.15) is 0 Å². The molecule has 0 atom stereocenters. The Morgan fingerprint density at radius 2 is 1.88 bits per heavy atom. The lowest BCUT2D eigenvalue weighted by Crippen LogP contribution is -2.01. The standard InChI is InChI=1S/C14H14FNO/c1-10-5-4-6-11(9-16)14(10)17-13-8-3-2-7-12(13)15/h2-8H,9,16H2,1H3. The summed E-state index contributed by atoms with van der Waals surface area (Å²) < 4.78 is 19.1. The highest BCUT2D eigenvalue weighted by Gasteiger charge is 2.09. The SMILES string of the molecule is Cc1cccc(CN)c1Oc1ccccc1F. The van der Waals surface area contributed by atoms with E-state index < -0.39 is 0 Å². The van der Waals surface area contributed by atoms with Crippen molar-refractivity contribution in [2.75, 3.05) is 0 Å². The van der Waals surface area contributed by atoms with E-state index in [-0.39, 0.29) is 11.6 Å². The number of halogens is 1. The lowest BCUT2D eigenvalue weighted by Gasteiger charge is -2.13. The molecule has 0 bridgehead atoms. The van der Waals surface area contributed by atoms with E-state index in [0.717, 1.165) is 11.1 Å². The van der Waals surface area contributed by atoms with Crippen LogP contribution in [0.3, 0.4) is 0 Å². The molecule has 0 aliphatic carbocycles. The van der Waals surface area contributed by atoms with Crippen molar-refractivity contribution in [2.45, 2.75) is 13.5 Å². The van der Waals surface area contributed by atoms with Crippen LogP contribution >= 0.6 is 0 Å². The highest BCUT2D eigenvalue weighted by molar-refractivity contribution is 5.43. The van der Waals surface area contributed by atoms with Crippen LogP contribution in [0.2, 0.25) is 0 Å². The third kappa shape index (κ3) is 2.45. The Kier molecular flexibility index (Phi) is 3.40. The van der Waals surface area contributed by atoms with E-state index in [1.54, 1.807) is 18.2 Å². The largest absolute Gasteiger partial charge is 0.454 e. The second-order valence-electron chi connectivity index (χ2n) is 3.80. The van der Waals surface area contributed by atoms with Gasteiger partial charge in [-0.05, 0) is 24.6 Å². The minimum atomic E-state index is -0.376. The molecule has 0 aliphatic heterocycles. The molecule has 0 aliphatic rings. The number of aryl methyl sites for hydroxylation is 1. The molecule has 88 valence electrons. The van der Waals surface area contributed by atoms with Crippen molar-refractivity contribution in [1.29, 1.82) is 0 Å². The molecule has 0 radical (unpaired) electrons. The topological polar surface area (TPSA) is 35.2 Å². The molecule has 2 aromatic rings. The van der Waals surface area contributed by atoms with Gasteiger partial charge in [0, 0.05) is 12.1 Å². The van der Waals surface area contributed by atoms with Gasteiger partial charge in [-0.25, -0.2) is 4.39 Å². The van der Waals surface area contributed by atoms with Crippen LogP contribution < -0.4 is 10.5 Å². The summed E-state index contributed by atoms with van der Waals surface area (Å²) in [6.45, 7) is 2.28. The lowest BCUT2D eigenvalue weighted by atomic mass is 10.1. The predicted molar refractivity (Wildman–Crippen MR) is 65.5 cm³/mol. The van der Waals surface area contributed by atoms with E-state index in [9.17, 15) is 4.39 Å². The Balaban J connectivity index is 2.39. The van der Waals surface area contributed by atoms with Gasteiger partial charge in [0.2, 0.25) is 0 Å². The summed E-state index contributed by atoms with van der Waals surface area (Å²) in [4.78, 5) is 0. The Morgan fingerprint density at radius 1 is 1.12 bits per heavy atom. The van der Waals surface area contributed by atoms with Gasteiger partial charge in [0.05, 0.1) is 0 Å². The van der Waals surface area contributed by atoms with Crippen molar-refractivity contribution in [3.63, 3.8) is 0 Å². The molecule has 0 unspecified atom stereocenters. The lowest BCUT2D eigenvalue weighted by molar-refractivity contribution is 0.435. The molecule has 0 fully saturated rings. The van der Waals surface area contributed by atoms with Crippen molar-refractivity contribution >= 4 is 0 Å². The van der Waals surface area contributed by atoms with Gasteiger partial charge in [0.15, 0.2) is 11.6 Å². The summed E-state index contributed by atoms with van der Waals surface area (Å²) >= 11 is 0. The molecule has 0 amide bonds. The van der Waals surface area contributed by atoms with Gasteiger partial charge in [0.1, 0.15) is 5.75 Å². The zero-order valence-corrected chi connectivity index (χ0v) is 9.61. The molecule has 3 heteroatoms. The second-order valence-corrected chi connectivity index (χ2v) is 3.80. The highest BCUT2D eigenvalue weighted by Crippen LogP contribution is 2.30. The number of hydrogen-bond donors (Lipinski definition) is 1. The van der Waals surface area contributed by atoms with Crippen LogP contribution in [0.1, 0.15) is 11.1 Å². The van der Waals surface area contributed by atoms with Crippen LogP contribution in [0.25, 0.3) is 0 Å². The summed E-state index contributed by atoms with van der Waals surface area (Å²) in [6, 6.07) is 12.0. The molecule has 2 rings (SSSR count). The van der Waals surface area contributed by atoms with Crippen LogP contribution in [-0.4, -0.2) is 0 Å². The maximum Gasteiger partial charge on any atom is 0.165 e. The minimum Gasteiger partial charge on any atom is -0.454 e. The average molecular weight is 231 g/mol. The first kappa shape index (κ1) is 11.6. The fraction of sp³-hybridized carbons (Fsp3) is 0.143. The van der Waals surface area contributed by atoms with E-state index in [1.807, 2.05) is 25.1 Å². The first-order valence-corrected chi connectivity index (χ1v) is 5.43. The zero-order valence-electron chi connectivity index (χ0n) is 9.61. The van der Waals surface area contributed by atoms with Gasteiger partial charge in [-0.3, -0.25) is 0 Å². The van der Waals surface area contributed by atoms with Gasteiger partial charge >= 0.3 is 0 Å². The van der Waals surface area contributed by atoms with Crippen molar-refractivity contribution in [3.8, 4) is 11.5 Å². The number of rotatable bonds is 3. The molecular formula is C14H14FNO. The summed E-state index contributed by atoms with van der Waals surface area (Å²) in [6.07, 6.45) is 0. The van der Waals surface area contributed by atoms with Crippen molar-refractivity contribution in [2.24, 2.45) is 5.73 Å². The smallest absolute Gasteiger partial charge is 0.165 e. The number of nitrogens with two attached hydrogens (primary N) is 1. The van der Waals surface area contributed by atoms with Gasteiger partial charge in [-0.1, -0.05) is 30.3 Å². The van der Waals surface area contributed by atoms with Crippen LogP contribution in [0.4, 0.5) is 4.39 Å².